The van der Waals surface area contributed by atoms with Crippen LogP contribution in [0.25, 0.3) is 0 Å². The van der Waals surface area contributed by atoms with Crippen LogP contribution in [-0.4, -0.2) is 13.7 Å². The van der Waals surface area contributed by atoms with E-state index in [0.717, 1.165) is 17.3 Å². The van der Waals surface area contributed by atoms with E-state index in [9.17, 15) is 4.39 Å². The standard InChI is InChI=1S/C8H8BrF.Cl2O2S/c9-6-5-7-3-1-2-4-8(7)10;1-5(2,3)4/h1-4H,5-6H2;. The molecule has 0 aromatic heterocycles. The van der Waals surface area contributed by atoms with Crippen LogP contribution in [0.5, 0.6) is 0 Å². The van der Waals surface area contributed by atoms with Gasteiger partial charge in [0.15, 0.2) is 0 Å². The topological polar surface area (TPSA) is 34.1 Å². The number of hydrogen-bond donors (Lipinski definition) is 0. The van der Waals surface area contributed by atoms with Crippen molar-refractivity contribution < 1.29 is 12.8 Å². The van der Waals surface area contributed by atoms with Gasteiger partial charge in [-0.2, -0.15) is 8.42 Å². The van der Waals surface area contributed by atoms with Gasteiger partial charge in [-0.1, -0.05) is 34.1 Å². The maximum atomic E-state index is 12.8. The van der Waals surface area contributed by atoms with Crippen LogP contribution in [0, 0.1) is 5.82 Å². The molecule has 0 N–H and O–H groups in total. The van der Waals surface area contributed by atoms with Crippen LogP contribution in [-0.2, 0) is 14.7 Å². The molecule has 0 spiro atoms. The van der Waals surface area contributed by atoms with Crippen molar-refractivity contribution in [1.82, 2.24) is 0 Å². The second kappa shape index (κ2) is 7.44. The summed E-state index contributed by atoms with van der Waals surface area (Å²) in [4.78, 5) is 0. The molecule has 0 unspecified atom stereocenters. The fourth-order valence-electron chi connectivity index (χ4n) is 0.803. The summed E-state index contributed by atoms with van der Waals surface area (Å²) in [6.07, 6.45) is 0.757. The van der Waals surface area contributed by atoms with Crippen molar-refractivity contribution >= 4 is 45.6 Å². The van der Waals surface area contributed by atoms with E-state index in [2.05, 4.69) is 37.3 Å². The quantitative estimate of drug-likeness (QED) is 0.611. The van der Waals surface area contributed by atoms with Gasteiger partial charge in [0.25, 0.3) is 0 Å². The van der Waals surface area contributed by atoms with Crippen molar-refractivity contribution in [1.29, 1.82) is 0 Å². The number of hydrogen-bond acceptors (Lipinski definition) is 2. The monoisotopic (exact) mass is 336 g/mol. The highest BCUT2D eigenvalue weighted by molar-refractivity contribution is 9.09. The molecule has 0 atom stereocenters. The van der Waals surface area contributed by atoms with E-state index in [-0.39, 0.29) is 5.82 Å². The lowest BCUT2D eigenvalue weighted by Gasteiger charge is -1.97. The molecular formula is C8H8BrCl2FO2S. The summed E-state index contributed by atoms with van der Waals surface area (Å²) in [7, 11) is 4.81. The second-order valence-corrected chi connectivity index (χ2v) is 6.87. The van der Waals surface area contributed by atoms with Gasteiger partial charge in [-0.25, -0.2) is 4.39 Å². The van der Waals surface area contributed by atoms with Crippen LogP contribution in [0.15, 0.2) is 24.3 Å². The molecule has 0 saturated heterocycles. The van der Waals surface area contributed by atoms with E-state index < -0.39 is 8.26 Å². The van der Waals surface area contributed by atoms with Gasteiger partial charge in [0.05, 0.1) is 0 Å². The number of benzene rings is 1. The number of aryl methyl sites for hydroxylation is 1. The molecule has 0 aliphatic rings. The Morgan fingerprint density at radius 1 is 1.27 bits per heavy atom. The van der Waals surface area contributed by atoms with Gasteiger partial charge in [-0.05, 0) is 18.1 Å². The molecule has 1 aromatic rings. The first-order valence-corrected chi connectivity index (χ1v) is 8.04. The van der Waals surface area contributed by atoms with E-state index in [4.69, 9.17) is 8.42 Å². The number of alkyl halides is 1. The molecule has 86 valence electrons. The van der Waals surface area contributed by atoms with E-state index in [1.165, 1.54) is 6.07 Å². The normalized spacial score (nSPS) is 10.4. The highest BCUT2D eigenvalue weighted by Gasteiger charge is 1.96. The predicted molar refractivity (Wildman–Crippen MR) is 64.5 cm³/mol. The molecule has 2 nitrogen and oxygen atoms in total. The molecule has 1 rings (SSSR count). The molecule has 0 amide bonds. The van der Waals surface area contributed by atoms with Crippen molar-refractivity contribution in [2.75, 3.05) is 5.33 Å². The molecular weight excluding hydrogens is 330 g/mol. The summed E-state index contributed by atoms with van der Waals surface area (Å²) < 4.78 is 31.1. The van der Waals surface area contributed by atoms with Gasteiger partial charge in [-0.15, -0.1) is 0 Å². The van der Waals surface area contributed by atoms with Crippen LogP contribution in [0.3, 0.4) is 0 Å². The third kappa shape index (κ3) is 10.4. The lowest BCUT2D eigenvalue weighted by Crippen LogP contribution is -1.89. The number of halogens is 4. The van der Waals surface area contributed by atoms with Crippen molar-refractivity contribution in [3.05, 3.63) is 35.6 Å². The Hall–Kier alpha value is 0.160. The molecule has 15 heavy (non-hydrogen) atoms. The Morgan fingerprint density at radius 2 is 1.73 bits per heavy atom. The molecule has 0 aliphatic heterocycles. The second-order valence-electron chi connectivity index (χ2n) is 2.41. The molecule has 7 heteroatoms. The lowest BCUT2D eigenvalue weighted by molar-refractivity contribution is 0.613. The largest absolute Gasteiger partial charge is 0.317 e. The average molecular weight is 338 g/mol. The van der Waals surface area contributed by atoms with Crippen LogP contribution in [0.2, 0.25) is 0 Å². The van der Waals surface area contributed by atoms with Crippen molar-refractivity contribution in [2.45, 2.75) is 6.42 Å². The van der Waals surface area contributed by atoms with E-state index in [1.807, 2.05) is 6.07 Å². The summed E-state index contributed by atoms with van der Waals surface area (Å²) in [5.41, 5.74) is 0.777. The van der Waals surface area contributed by atoms with Gasteiger partial charge in [0, 0.05) is 26.7 Å². The Bertz CT molecular complexity index is 389. The fourth-order valence-corrected chi connectivity index (χ4v) is 1.23. The summed E-state index contributed by atoms with van der Waals surface area (Å²) in [5.74, 6) is -0.109. The van der Waals surface area contributed by atoms with Gasteiger partial charge >= 0.3 is 8.26 Å². The maximum absolute atomic E-state index is 12.8. The van der Waals surface area contributed by atoms with Crippen LogP contribution in [0.1, 0.15) is 5.56 Å². The number of rotatable bonds is 2. The summed E-state index contributed by atoms with van der Waals surface area (Å²) in [6.45, 7) is 0. The Kier molecular flexibility index (Phi) is 7.52. The minimum absolute atomic E-state index is 0.109. The zero-order valence-corrected chi connectivity index (χ0v) is 11.4. The zero-order valence-electron chi connectivity index (χ0n) is 7.46. The Labute approximate surface area is 105 Å². The molecule has 0 fully saturated rings. The zero-order chi connectivity index (χ0) is 11.9. The van der Waals surface area contributed by atoms with Gasteiger partial charge < -0.3 is 0 Å². The smallest absolute Gasteiger partial charge is 0.207 e. The van der Waals surface area contributed by atoms with E-state index in [1.54, 1.807) is 12.1 Å². The average Bonchev–Trinajstić information content (AvgIpc) is 2.06. The van der Waals surface area contributed by atoms with Crippen molar-refractivity contribution in [3.8, 4) is 0 Å². The minimum atomic E-state index is -3.72. The SMILES string of the molecule is Fc1ccccc1CCBr.O=S(=O)(Cl)Cl. The van der Waals surface area contributed by atoms with Gasteiger partial charge in [0.2, 0.25) is 0 Å². The van der Waals surface area contributed by atoms with E-state index in [0.29, 0.717) is 0 Å². The summed E-state index contributed by atoms with van der Waals surface area (Å²) in [5, 5.41) is 0.813. The summed E-state index contributed by atoms with van der Waals surface area (Å²) in [6, 6.07) is 6.84. The molecule has 0 bridgehead atoms. The first-order valence-electron chi connectivity index (χ1n) is 3.78. The van der Waals surface area contributed by atoms with Gasteiger partial charge in [-0.3, -0.25) is 0 Å². The first kappa shape index (κ1) is 15.2. The summed E-state index contributed by atoms with van der Waals surface area (Å²) >= 11 is 3.25. The molecule has 0 aliphatic carbocycles. The third-order valence-corrected chi connectivity index (χ3v) is 1.72. The fraction of sp³-hybridized carbons (Fsp3) is 0.250. The molecule has 0 radical (unpaired) electrons. The molecule has 0 saturated carbocycles. The Morgan fingerprint density at radius 3 is 2.13 bits per heavy atom. The lowest BCUT2D eigenvalue weighted by atomic mass is 10.2. The third-order valence-electron chi connectivity index (χ3n) is 1.32. The first-order chi connectivity index (χ1) is 6.84. The highest BCUT2D eigenvalue weighted by atomic mass is 79.9. The van der Waals surface area contributed by atoms with Crippen LogP contribution >= 0.6 is 37.3 Å². The maximum Gasteiger partial charge on any atom is 0.317 e. The highest BCUT2D eigenvalue weighted by Crippen LogP contribution is 2.07. The van der Waals surface area contributed by atoms with Crippen molar-refractivity contribution in [3.63, 3.8) is 0 Å². The van der Waals surface area contributed by atoms with E-state index >= 15 is 0 Å². The predicted octanol–water partition coefficient (Wildman–Crippen LogP) is 3.47. The molecule has 0 heterocycles. The molecule has 1 aromatic carbocycles. The van der Waals surface area contributed by atoms with Crippen LogP contribution in [0.4, 0.5) is 4.39 Å². The van der Waals surface area contributed by atoms with Crippen LogP contribution < -0.4 is 0 Å². The Balaban J connectivity index is 0.000000336. The van der Waals surface area contributed by atoms with Crippen molar-refractivity contribution in [2.24, 2.45) is 0 Å². The minimum Gasteiger partial charge on any atom is -0.207 e. The van der Waals surface area contributed by atoms with Gasteiger partial charge in [0.1, 0.15) is 5.82 Å².